The summed E-state index contributed by atoms with van der Waals surface area (Å²) in [4.78, 5) is 74.7. The van der Waals surface area contributed by atoms with Crippen molar-refractivity contribution in [2.24, 2.45) is 0 Å². The molecule has 4 amide bonds. The Hall–Kier alpha value is -6.72. The summed E-state index contributed by atoms with van der Waals surface area (Å²) >= 11 is 0. The Bertz CT molecular complexity index is 2470. The van der Waals surface area contributed by atoms with Gasteiger partial charge in [-0.15, -0.1) is 0 Å². The number of alkyl carbamates (subject to hydrolysis) is 2. The van der Waals surface area contributed by atoms with E-state index >= 15 is 0 Å². The van der Waals surface area contributed by atoms with Crippen LogP contribution in [-0.2, 0) is 34.0 Å². The van der Waals surface area contributed by atoms with Crippen LogP contribution in [0.3, 0.4) is 0 Å². The fraction of sp³-hybridized carbons (Fsp3) is 0.481. The second-order valence-corrected chi connectivity index (χ2v) is 19.9. The number of carbonyl (C=O) groups excluding carboxylic acids is 4. The number of ether oxygens (including phenoxy) is 4. The van der Waals surface area contributed by atoms with Crippen molar-refractivity contribution >= 4 is 29.7 Å². The van der Waals surface area contributed by atoms with Gasteiger partial charge in [-0.1, -0.05) is 81.4 Å². The van der Waals surface area contributed by atoms with Crippen LogP contribution in [0, 0.1) is 0 Å². The maximum Gasteiger partial charge on any atom is 0.407 e. The first-order valence-corrected chi connectivity index (χ1v) is 24.7. The minimum Gasteiger partial charge on any atom is -0.453 e. The fourth-order valence-corrected chi connectivity index (χ4v) is 10.4. The number of aromatic amines is 2. The average Bonchev–Trinajstić information content (AvgIpc) is 4.26. The lowest BCUT2D eigenvalue weighted by Gasteiger charge is -2.34. The lowest BCUT2D eigenvalue weighted by molar-refractivity contribution is -0.138. The fourth-order valence-electron chi connectivity index (χ4n) is 10.4. The van der Waals surface area contributed by atoms with E-state index in [-0.39, 0.29) is 41.4 Å². The number of likely N-dealkylation sites (tertiary alicyclic amines) is 2. The van der Waals surface area contributed by atoms with Gasteiger partial charge in [0, 0.05) is 33.0 Å². The molecule has 3 aliphatic rings. The van der Waals surface area contributed by atoms with Gasteiger partial charge in [0.2, 0.25) is 11.8 Å². The van der Waals surface area contributed by atoms with E-state index < -0.39 is 36.5 Å². The zero-order valence-electron chi connectivity index (χ0n) is 42.4. The first-order valence-electron chi connectivity index (χ1n) is 24.7. The van der Waals surface area contributed by atoms with Gasteiger partial charge in [-0.2, -0.15) is 0 Å². The molecule has 17 heteroatoms. The molecule has 0 aliphatic carbocycles. The van der Waals surface area contributed by atoms with Crippen molar-refractivity contribution in [1.82, 2.24) is 40.4 Å². The van der Waals surface area contributed by atoms with Crippen molar-refractivity contribution < 1.29 is 38.1 Å². The van der Waals surface area contributed by atoms with E-state index in [1.54, 1.807) is 23.6 Å². The molecular weight excluding hydrogens is 903 g/mol. The van der Waals surface area contributed by atoms with Gasteiger partial charge in [-0.05, 0) is 97.7 Å². The number of methoxy groups -OCH3 is 4. The molecule has 3 fully saturated rings. The van der Waals surface area contributed by atoms with Crippen molar-refractivity contribution in [3.8, 4) is 22.5 Å². The molecule has 8 rings (SSSR count). The first kappa shape index (κ1) is 50.7. The van der Waals surface area contributed by atoms with Crippen LogP contribution in [0.15, 0.2) is 85.2 Å². The number of carbonyl (C=O) groups is 4. The van der Waals surface area contributed by atoms with Gasteiger partial charge < -0.3 is 54.2 Å². The number of imidazole rings is 2. The SMILES string of the molecule is COC(=O)N[C@H](C(=O)N1CCC[C@H]1c1ncc(-c2ccc([C@@H]3CC[C@@H](c4ccc(-c5cnc([C@@H]6CCCN6C(=O)[C@H](NC(=O)OC)C(C)OC)[nH]5)cc4)N3c3ccc(C(C)(C)C)cc3)cc2)[nH]1)[C@H](C)OC. The number of nitrogens with one attached hydrogen (secondary N) is 4. The standard InChI is InChI=1S/C54H69N9O8/c1-32(68-6)46(59-52(66)70-8)50(64)61-28-10-12-44(61)48-55-30-40(57-48)34-14-18-36(19-15-34)42-26-27-43(63(42)39-24-22-38(23-25-39)54(3,4)5)37-20-16-35(17-21-37)41-31-56-49(58-41)45-13-11-29-62(45)51(65)47(33(2)69-7)60-53(67)71-9/h14-25,30-33,42-47H,10-13,26-29H2,1-9H3,(H,55,57)(H,56,58)(H,59,66)(H,60,67)/t32-,33?,42-,43-,44-,45-,46-,47+/m0/s1. The minimum absolute atomic E-state index is 0.0175. The Morgan fingerprint density at radius 3 is 1.37 bits per heavy atom. The van der Waals surface area contributed by atoms with E-state index in [1.165, 1.54) is 45.1 Å². The van der Waals surface area contributed by atoms with E-state index in [2.05, 4.69) is 119 Å². The van der Waals surface area contributed by atoms with Gasteiger partial charge in [-0.25, -0.2) is 19.6 Å². The van der Waals surface area contributed by atoms with Crippen molar-refractivity contribution in [3.63, 3.8) is 0 Å². The highest BCUT2D eigenvalue weighted by Gasteiger charge is 2.41. The lowest BCUT2D eigenvalue weighted by atomic mass is 9.87. The summed E-state index contributed by atoms with van der Waals surface area (Å²) in [6, 6.07) is 24.3. The predicted octanol–water partition coefficient (Wildman–Crippen LogP) is 8.69. The largest absolute Gasteiger partial charge is 0.453 e. The van der Waals surface area contributed by atoms with E-state index in [4.69, 9.17) is 28.9 Å². The molecular formula is C54H69N9O8. The van der Waals surface area contributed by atoms with Crippen LogP contribution in [0.1, 0.15) is 126 Å². The van der Waals surface area contributed by atoms with Gasteiger partial charge in [0.25, 0.3) is 0 Å². The number of benzene rings is 3. The number of amides is 4. The number of nitrogens with zero attached hydrogens (tertiary/aromatic N) is 5. The molecule has 0 spiro atoms. The van der Waals surface area contributed by atoms with Crippen LogP contribution < -0.4 is 15.5 Å². The summed E-state index contributed by atoms with van der Waals surface area (Å²) in [5.41, 5.74) is 8.57. The summed E-state index contributed by atoms with van der Waals surface area (Å²) in [5, 5.41) is 5.31. The lowest BCUT2D eigenvalue weighted by Crippen LogP contribution is -2.54. The van der Waals surface area contributed by atoms with Crippen LogP contribution in [0.2, 0.25) is 0 Å². The average molecular weight is 972 g/mol. The molecule has 3 aromatic carbocycles. The smallest absolute Gasteiger partial charge is 0.407 e. The third-order valence-electron chi connectivity index (χ3n) is 14.7. The molecule has 71 heavy (non-hydrogen) atoms. The third-order valence-corrected chi connectivity index (χ3v) is 14.7. The molecule has 3 saturated heterocycles. The molecule has 2 aromatic heterocycles. The number of rotatable bonds is 15. The molecule has 5 aromatic rings. The van der Waals surface area contributed by atoms with Crippen molar-refractivity contribution in [2.45, 2.75) is 127 Å². The first-order chi connectivity index (χ1) is 34.1. The zero-order chi connectivity index (χ0) is 50.6. The molecule has 3 aliphatic heterocycles. The molecule has 8 atom stereocenters. The maximum atomic E-state index is 13.8. The van der Waals surface area contributed by atoms with Crippen LogP contribution in [0.25, 0.3) is 22.5 Å². The van der Waals surface area contributed by atoms with E-state index in [0.717, 1.165) is 66.7 Å². The van der Waals surface area contributed by atoms with Gasteiger partial charge in [0.05, 0.1) is 74.4 Å². The zero-order valence-corrected chi connectivity index (χ0v) is 42.4. The second-order valence-electron chi connectivity index (χ2n) is 19.9. The van der Waals surface area contributed by atoms with Crippen LogP contribution in [-0.4, -0.2) is 120 Å². The summed E-state index contributed by atoms with van der Waals surface area (Å²) in [5.74, 6) is 0.911. The monoisotopic (exact) mass is 972 g/mol. The molecule has 4 N–H and O–H groups in total. The molecule has 0 saturated carbocycles. The number of H-pyrrole nitrogens is 2. The topological polar surface area (TPSA) is 196 Å². The summed E-state index contributed by atoms with van der Waals surface area (Å²) in [6.45, 7) is 11.3. The van der Waals surface area contributed by atoms with Gasteiger partial charge in [-0.3, -0.25) is 9.59 Å². The van der Waals surface area contributed by atoms with Gasteiger partial charge in [0.15, 0.2) is 0 Å². The summed E-state index contributed by atoms with van der Waals surface area (Å²) in [7, 11) is 5.56. The highest BCUT2D eigenvalue weighted by molar-refractivity contribution is 5.87. The quantitative estimate of drug-likeness (QED) is 0.0784. The molecule has 5 heterocycles. The Kier molecular flexibility index (Phi) is 15.5. The highest BCUT2D eigenvalue weighted by atomic mass is 16.5. The number of aromatic nitrogens is 4. The van der Waals surface area contributed by atoms with Crippen LogP contribution in [0.5, 0.6) is 0 Å². The number of anilines is 1. The van der Waals surface area contributed by atoms with Gasteiger partial charge >= 0.3 is 12.2 Å². The summed E-state index contributed by atoms with van der Waals surface area (Å²) in [6.07, 6.45) is 6.15. The third kappa shape index (κ3) is 10.8. The van der Waals surface area contributed by atoms with E-state index in [9.17, 15) is 19.2 Å². The molecule has 378 valence electrons. The Labute approximate surface area is 416 Å². The van der Waals surface area contributed by atoms with E-state index in [1.807, 2.05) is 12.4 Å². The molecule has 1 unspecified atom stereocenters. The van der Waals surface area contributed by atoms with E-state index in [0.29, 0.717) is 24.7 Å². The Morgan fingerprint density at radius 2 is 1.00 bits per heavy atom. The highest BCUT2D eigenvalue weighted by Crippen LogP contribution is 2.48. The Balaban J connectivity index is 1.00. The van der Waals surface area contributed by atoms with Crippen molar-refractivity contribution in [3.05, 3.63) is 114 Å². The van der Waals surface area contributed by atoms with Crippen molar-refractivity contribution in [2.75, 3.05) is 46.4 Å². The Morgan fingerprint density at radius 1 is 0.592 bits per heavy atom. The number of hydrogen-bond acceptors (Lipinski definition) is 11. The normalized spacial score (nSPS) is 20.9. The minimum atomic E-state index is -0.906. The second kappa shape index (κ2) is 21.7. The van der Waals surface area contributed by atoms with Gasteiger partial charge in [0.1, 0.15) is 23.7 Å². The maximum absolute atomic E-state index is 13.8. The van der Waals surface area contributed by atoms with Crippen molar-refractivity contribution in [1.29, 1.82) is 0 Å². The molecule has 17 nitrogen and oxygen atoms in total. The van der Waals surface area contributed by atoms with Crippen LogP contribution in [0.4, 0.5) is 15.3 Å². The molecule has 0 bridgehead atoms. The van der Waals surface area contributed by atoms with Crippen LogP contribution >= 0.6 is 0 Å². The summed E-state index contributed by atoms with van der Waals surface area (Å²) < 4.78 is 20.5. The molecule has 0 radical (unpaired) electrons. The number of hydrogen-bond donors (Lipinski definition) is 4. The predicted molar refractivity (Wildman–Crippen MR) is 269 cm³/mol.